The van der Waals surface area contributed by atoms with Crippen molar-refractivity contribution >= 4 is 5.71 Å². The van der Waals surface area contributed by atoms with E-state index in [-0.39, 0.29) is 18.2 Å². The van der Waals surface area contributed by atoms with Crippen molar-refractivity contribution in [2.75, 3.05) is 27.6 Å². The van der Waals surface area contributed by atoms with Gasteiger partial charge >= 0.3 is 0 Å². The molecule has 0 radical (unpaired) electrons. The fraction of sp³-hybridized carbons (Fsp3) is 0.357. The average Bonchev–Trinajstić information content (AvgIpc) is 3.32. The number of methoxy groups -OCH3 is 2. The van der Waals surface area contributed by atoms with Gasteiger partial charge in [0.15, 0.2) is 34.2 Å². The van der Waals surface area contributed by atoms with Gasteiger partial charge in [0.25, 0.3) is 0 Å². The topological polar surface area (TPSA) is 52.8 Å². The third-order valence-electron chi connectivity index (χ3n) is 7.48. The zero-order chi connectivity index (χ0) is 23.4. The molecule has 3 aromatic rings. The molecule has 6 nitrogen and oxygen atoms in total. The van der Waals surface area contributed by atoms with Crippen LogP contribution in [0, 0.1) is 0 Å². The second kappa shape index (κ2) is 7.76. The van der Waals surface area contributed by atoms with Crippen LogP contribution < -0.4 is 18.9 Å². The predicted molar refractivity (Wildman–Crippen MR) is 129 cm³/mol. The molecular weight excluding hydrogens is 428 g/mol. The minimum Gasteiger partial charge on any atom is -0.493 e. The summed E-state index contributed by atoms with van der Waals surface area (Å²) in [7, 11) is 3.43. The summed E-state index contributed by atoms with van der Waals surface area (Å²) in [6.45, 7) is 5.75. The van der Waals surface area contributed by atoms with E-state index in [1.807, 2.05) is 18.3 Å². The van der Waals surface area contributed by atoms with Gasteiger partial charge in [-0.05, 0) is 41.5 Å². The Morgan fingerprint density at radius 2 is 1.88 bits per heavy atom. The molecular formula is C28H29N2O4+. The van der Waals surface area contributed by atoms with Gasteiger partial charge in [-0.25, -0.2) is 4.58 Å². The number of rotatable bonds is 4. The van der Waals surface area contributed by atoms with Crippen LogP contribution in [0.3, 0.4) is 0 Å². The molecule has 0 N–H and O–H groups in total. The maximum absolute atomic E-state index is 5.97. The van der Waals surface area contributed by atoms with Gasteiger partial charge in [0.2, 0.25) is 6.79 Å². The summed E-state index contributed by atoms with van der Waals surface area (Å²) in [4.78, 5) is 4.68. The maximum Gasteiger partial charge on any atom is 0.231 e. The predicted octanol–water partition coefficient (Wildman–Crippen LogP) is 4.46. The minimum absolute atomic E-state index is 0.108. The van der Waals surface area contributed by atoms with Crippen LogP contribution in [-0.2, 0) is 18.4 Å². The van der Waals surface area contributed by atoms with Crippen LogP contribution in [0.4, 0.5) is 0 Å². The largest absolute Gasteiger partial charge is 0.493 e. The Morgan fingerprint density at radius 3 is 2.62 bits per heavy atom. The Labute approximate surface area is 199 Å². The Bertz CT molecular complexity index is 1310. The summed E-state index contributed by atoms with van der Waals surface area (Å²) in [6, 6.07) is 14.7. The second-order valence-corrected chi connectivity index (χ2v) is 9.55. The highest BCUT2D eigenvalue weighted by Crippen LogP contribution is 2.50. The van der Waals surface area contributed by atoms with Crippen molar-refractivity contribution in [2.24, 2.45) is 0 Å². The fourth-order valence-electron chi connectivity index (χ4n) is 5.96. The van der Waals surface area contributed by atoms with Gasteiger partial charge in [-0.3, -0.25) is 4.98 Å². The van der Waals surface area contributed by atoms with Crippen LogP contribution >= 0.6 is 0 Å². The van der Waals surface area contributed by atoms with Gasteiger partial charge in [-0.2, -0.15) is 0 Å². The Hall–Kier alpha value is -3.54. The summed E-state index contributed by atoms with van der Waals surface area (Å²) in [6.07, 6.45) is 3.60. The summed E-state index contributed by atoms with van der Waals surface area (Å²) < 4.78 is 25.7. The number of hydrogen-bond acceptors (Lipinski definition) is 5. The minimum atomic E-state index is -0.292. The lowest BCUT2D eigenvalue weighted by atomic mass is 9.72. The monoisotopic (exact) mass is 457 g/mol. The molecule has 6 rings (SSSR count). The highest BCUT2D eigenvalue weighted by molar-refractivity contribution is 6.05. The van der Waals surface area contributed by atoms with Gasteiger partial charge in [0, 0.05) is 44.1 Å². The van der Waals surface area contributed by atoms with E-state index in [0.717, 1.165) is 48.1 Å². The van der Waals surface area contributed by atoms with Gasteiger partial charge in [0.1, 0.15) is 6.54 Å². The molecule has 0 saturated carbocycles. The molecule has 3 aliphatic heterocycles. The molecule has 2 aromatic carbocycles. The van der Waals surface area contributed by atoms with E-state index in [0.29, 0.717) is 0 Å². The van der Waals surface area contributed by atoms with Crippen LogP contribution in [0.1, 0.15) is 47.7 Å². The lowest BCUT2D eigenvalue weighted by Crippen LogP contribution is -2.49. The van der Waals surface area contributed by atoms with Crippen molar-refractivity contribution < 1.29 is 23.5 Å². The Balaban J connectivity index is 1.62. The Kier molecular flexibility index (Phi) is 4.80. The molecule has 3 aliphatic rings. The SMILES string of the molecule is COc1ccc2c(c1OC)C(C)(C)[N+]1=C(c3cc4c(cc3CC1)OCO4)C2Cc1ccccn1. The van der Waals surface area contributed by atoms with Crippen molar-refractivity contribution in [1.82, 2.24) is 4.98 Å². The molecule has 1 unspecified atom stereocenters. The lowest BCUT2D eigenvalue weighted by molar-refractivity contribution is -0.614. The smallest absolute Gasteiger partial charge is 0.231 e. The molecule has 0 fully saturated rings. The van der Waals surface area contributed by atoms with Crippen molar-refractivity contribution in [3.63, 3.8) is 0 Å². The van der Waals surface area contributed by atoms with Crippen molar-refractivity contribution in [2.45, 2.75) is 38.1 Å². The third-order valence-corrected chi connectivity index (χ3v) is 7.48. The van der Waals surface area contributed by atoms with E-state index in [1.165, 1.54) is 28.0 Å². The first kappa shape index (κ1) is 21.0. The van der Waals surface area contributed by atoms with Gasteiger partial charge in [-0.15, -0.1) is 0 Å². The normalized spacial score (nSPS) is 19.2. The number of benzene rings is 2. The number of ether oxygens (including phenoxy) is 4. The fourth-order valence-corrected chi connectivity index (χ4v) is 5.96. The summed E-state index contributed by atoms with van der Waals surface area (Å²) in [5.41, 5.74) is 7.07. The zero-order valence-corrected chi connectivity index (χ0v) is 20.1. The van der Waals surface area contributed by atoms with Gasteiger partial charge in [-0.1, -0.05) is 12.1 Å². The number of nitrogens with zero attached hydrogens (tertiary/aromatic N) is 2. The first-order valence-electron chi connectivity index (χ1n) is 11.8. The standard InChI is InChI=1S/C28H29N2O4/c1-28(2)25-19(8-9-22(31-3)27(25)32-4)21(14-18-7-5-6-11-29-18)26-20-15-24-23(33-16-34-24)13-17(20)10-12-30(26)28/h5-9,11,13,15,21H,10,12,14,16H2,1-4H3/q+1. The third kappa shape index (κ3) is 3.01. The van der Waals surface area contributed by atoms with Gasteiger partial charge in [0.05, 0.1) is 25.7 Å². The van der Waals surface area contributed by atoms with Crippen LogP contribution in [0.15, 0.2) is 48.7 Å². The van der Waals surface area contributed by atoms with Crippen molar-refractivity contribution in [3.8, 4) is 23.0 Å². The second-order valence-electron chi connectivity index (χ2n) is 9.55. The summed E-state index contributed by atoms with van der Waals surface area (Å²) >= 11 is 0. The molecule has 1 aromatic heterocycles. The number of fused-ring (bicyclic) bond motifs is 4. The number of aromatic nitrogens is 1. The average molecular weight is 458 g/mol. The van der Waals surface area contributed by atoms with E-state index < -0.39 is 0 Å². The lowest BCUT2D eigenvalue weighted by Gasteiger charge is -2.39. The molecule has 0 aliphatic carbocycles. The number of pyridine rings is 1. The molecule has 174 valence electrons. The van der Waals surface area contributed by atoms with Crippen LogP contribution in [-0.4, -0.2) is 42.8 Å². The van der Waals surface area contributed by atoms with Crippen molar-refractivity contribution in [1.29, 1.82) is 0 Å². The highest BCUT2D eigenvalue weighted by Gasteiger charge is 2.51. The molecule has 0 bridgehead atoms. The molecule has 34 heavy (non-hydrogen) atoms. The highest BCUT2D eigenvalue weighted by atomic mass is 16.7. The van der Waals surface area contributed by atoms with Gasteiger partial charge < -0.3 is 18.9 Å². The molecule has 1 atom stereocenters. The molecule has 6 heteroatoms. The summed E-state index contributed by atoms with van der Waals surface area (Å²) in [5, 5.41) is 0. The van der Waals surface area contributed by atoms with Crippen LogP contribution in [0.5, 0.6) is 23.0 Å². The van der Waals surface area contributed by atoms with E-state index in [9.17, 15) is 0 Å². The Morgan fingerprint density at radius 1 is 1.06 bits per heavy atom. The van der Waals surface area contributed by atoms with E-state index in [1.54, 1.807) is 14.2 Å². The first-order chi connectivity index (χ1) is 16.5. The van der Waals surface area contributed by atoms with E-state index >= 15 is 0 Å². The van der Waals surface area contributed by atoms with Crippen LogP contribution in [0.25, 0.3) is 0 Å². The molecule has 0 spiro atoms. The van der Waals surface area contributed by atoms with Crippen molar-refractivity contribution in [3.05, 3.63) is 76.6 Å². The number of hydrogen-bond donors (Lipinski definition) is 0. The zero-order valence-electron chi connectivity index (χ0n) is 20.1. The molecule has 4 heterocycles. The molecule has 0 amide bonds. The summed E-state index contributed by atoms with van der Waals surface area (Å²) in [5.74, 6) is 3.34. The van der Waals surface area contributed by atoms with E-state index in [2.05, 4.69) is 53.7 Å². The van der Waals surface area contributed by atoms with Crippen LogP contribution in [0.2, 0.25) is 0 Å². The molecule has 0 saturated heterocycles. The quantitative estimate of drug-likeness (QED) is 0.542. The first-order valence-corrected chi connectivity index (χ1v) is 11.8. The van der Waals surface area contributed by atoms with E-state index in [4.69, 9.17) is 18.9 Å². The maximum atomic E-state index is 5.97.